The number of carboxylic acid groups (broad SMARTS) is 1. The molecule has 0 unspecified atom stereocenters. The molecule has 7 heteroatoms. The summed E-state index contributed by atoms with van der Waals surface area (Å²) < 4.78 is 5.40. The number of piperazine rings is 1. The molecule has 1 saturated heterocycles. The van der Waals surface area contributed by atoms with Crippen molar-refractivity contribution < 1.29 is 19.4 Å². The van der Waals surface area contributed by atoms with Crippen LogP contribution in [-0.2, 0) is 4.74 Å². The molecule has 0 bridgehead atoms. The third kappa shape index (κ3) is 4.34. The number of carboxylic acids is 1. The molecule has 0 radical (unpaired) electrons. The van der Waals surface area contributed by atoms with Crippen LogP contribution in [0.15, 0.2) is 18.3 Å². The van der Waals surface area contributed by atoms with Crippen LogP contribution in [0.25, 0.3) is 0 Å². The summed E-state index contributed by atoms with van der Waals surface area (Å²) in [4.78, 5) is 31.0. The Hall–Kier alpha value is -2.31. The van der Waals surface area contributed by atoms with E-state index in [9.17, 15) is 9.59 Å². The third-order valence-electron chi connectivity index (χ3n) is 3.57. The van der Waals surface area contributed by atoms with Gasteiger partial charge in [-0.1, -0.05) is 0 Å². The van der Waals surface area contributed by atoms with Gasteiger partial charge in [0.15, 0.2) is 0 Å². The lowest BCUT2D eigenvalue weighted by molar-refractivity contribution is 0.0218. The number of amides is 1. The van der Waals surface area contributed by atoms with Gasteiger partial charge in [0.05, 0.1) is 5.56 Å². The van der Waals surface area contributed by atoms with Crippen molar-refractivity contribution in [2.45, 2.75) is 39.3 Å². The van der Waals surface area contributed by atoms with E-state index in [1.807, 2.05) is 27.7 Å². The van der Waals surface area contributed by atoms with Crippen LogP contribution in [0.5, 0.6) is 0 Å². The molecule has 1 aliphatic heterocycles. The molecule has 1 amide bonds. The molecule has 23 heavy (non-hydrogen) atoms. The van der Waals surface area contributed by atoms with Gasteiger partial charge in [-0.2, -0.15) is 0 Å². The highest BCUT2D eigenvalue weighted by Crippen LogP contribution is 2.20. The second kappa shape index (κ2) is 6.44. The quantitative estimate of drug-likeness (QED) is 0.899. The van der Waals surface area contributed by atoms with E-state index in [1.54, 1.807) is 11.0 Å². The normalized spacial score (nSPS) is 18.7. The van der Waals surface area contributed by atoms with Crippen LogP contribution in [0.2, 0.25) is 0 Å². The molecule has 1 fully saturated rings. The van der Waals surface area contributed by atoms with Crippen LogP contribution in [-0.4, -0.2) is 58.3 Å². The number of carbonyl (C=O) groups excluding carboxylic acids is 1. The Kier molecular flexibility index (Phi) is 4.77. The highest BCUT2D eigenvalue weighted by Gasteiger charge is 2.30. The van der Waals surface area contributed by atoms with Crippen molar-refractivity contribution in [1.82, 2.24) is 9.88 Å². The fourth-order valence-corrected chi connectivity index (χ4v) is 2.47. The number of pyridine rings is 1. The number of nitrogens with zero attached hydrogens (tertiary/aromatic N) is 3. The topological polar surface area (TPSA) is 83.0 Å². The largest absolute Gasteiger partial charge is 0.478 e. The van der Waals surface area contributed by atoms with E-state index in [1.165, 1.54) is 12.3 Å². The zero-order chi connectivity index (χ0) is 17.2. The smallest absolute Gasteiger partial charge is 0.410 e. The van der Waals surface area contributed by atoms with Gasteiger partial charge in [-0.25, -0.2) is 14.6 Å². The van der Waals surface area contributed by atoms with E-state index in [0.29, 0.717) is 25.5 Å². The number of anilines is 1. The third-order valence-corrected chi connectivity index (χ3v) is 3.57. The molecular formula is C16H23N3O4. The molecule has 0 saturated carbocycles. The maximum absolute atomic E-state index is 12.1. The van der Waals surface area contributed by atoms with E-state index >= 15 is 0 Å². The number of ether oxygens (including phenoxy) is 1. The first-order valence-electron chi connectivity index (χ1n) is 7.61. The molecule has 1 atom stereocenters. The van der Waals surface area contributed by atoms with Gasteiger partial charge in [0.25, 0.3) is 0 Å². The maximum atomic E-state index is 12.1. The van der Waals surface area contributed by atoms with Crippen molar-refractivity contribution in [3.63, 3.8) is 0 Å². The number of carbonyl (C=O) groups is 2. The minimum Gasteiger partial charge on any atom is -0.478 e. The minimum absolute atomic E-state index is 0.0689. The van der Waals surface area contributed by atoms with Gasteiger partial charge in [0.1, 0.15) is 11.4 Å². The van der Waals surface area contributed by atoms with Gasteiger partial charge in [-0.3, -0.25) is 0 Å². The number of rotatable bonds is 2. The summed E-state index contributed by atoms with van der Waals surface area (Å²) in [5.41, 5.74) is -0.347. The molecule has 7 nitrogen and oxygen atoms in total. The fraction of sp³-hybridized carbons (Fsp3) is 0.562. The molecule has 2 heterocycles. The van der Waals surface area contributed by atoms with E-state index in [2.05, 4.69) is 9.88 Å². The fourth-order valence-electron chi connectivity index (χ4n) is 2.47. The Morgan fingerprint density at radius 2 is 2.00 bits per heavy atom. The summed E-state index contributed by atoms with van der Waals surface area (Å²) >= 11 is 0. The molecule has 0 spiro atoms. The molecule has 0 aromatic carbocycles. The van der Waals surface area contributed by atoms with Gasteiger partial charge in [0.2, 0.25) is 0 Å². The number of aromatic carboxylic acids is 1. The first-order chi connectivity index (χ1) is 10.7. The van der Waals surface area contributed by atoms with Crippen molar-refractivity contribution in [3.05, 3.63) is 23.9 Å². The van der Waals surface area contributed by atoms with E-state index < -0.39 is 11.6 Å². The van der Waals surface area contributed by atoms with E-state index in [-0.39, 0.29) is 17.7 Å². The molecule has 126 valence electrons. The van der Waals surface area contributed by atoms with Crippen molar-refractivity contribution in [2.75, 3.05) is 24.5 Å². The SMILES string of the molecule is C[C@@H]1CN(C(=O)OC(C)(C)C)CCN1c1ccc(C(=O)O)cn1. The van der Waals surface area contributed by atoms with Gasteiger partial charge >= 0.3 is 12.1 Å². The summed E-state index contributed by atoms with van der Waals surface area (Å²) in [7, 11) is 0. The summed E-state index contributed by atoms with van der Waals surface area (Å²) in [6.45, 7) is 9.25. The van der Waals surface area contributed by atoms with Gasteiger partial charge in [-0.05, 0) is 39.8 Å². The van der Waals surface area contributed by atoms with Gasteiger partial charge < -0.3 is 19.6 Å². The number of hydrogen-bond acceptors (Lipinski definition) is 5. The van der Waals surface area contributed by atoms with Gasteiger partial charge in [0, 0.05) is 31.9 Å². The molecule has 2 rings (SSSR count). The van der Waals surface area contributed by atoms with E-state index in [4.69, 9.17) is 9.84 Å². The molecule has 1 aliphatic rings. The van der Waals surface area contributed by atoms with Crippen molar-refractivity contribution >= 4 is 17.9 Å². The summed E-state index contributed by atoms with van der Waals surface area (Å²) in [6.07, 6.45) is 1.04. The zero-order valence-electron chi connectivity index (χ0n) is 13.9. The van der Waals surface area contributed by atoms with Crippen LogP contribution in [0.3, 0.4) is 0 Å². The second-order valence-electron chi connectivity index (χ2n) is 6.68. The lowest BCUT2D eigenvalue weighted by atomic mass is 10.2. The monoisotopic (exact) mass is 321 g/mol. The second-order valence-corrected chi connectivity index (χ2v) is 6.68. The molecule has 1 aromatic rings. The zero-order valence-corrected chi connectivity index (χ0v) is 13.9. The van der Waals surface area contributed by atoms with Crippen LogP contribution in [0.1, 0.15) is 38.1 Å². The Labute approximate surface area is 135 Å². The van der Waals surface area contributed by atoms with Crippen molar-refractivity contribution in [1.29, 1.82) is 0 Å². The van der Waals surface area contributed by atoms with Crippen molar-refractivity contribution in [3.8, 4) is 0 Å². The minimum atomic E-state index is -0.994. The van der Waals surface area contributed by atoms with Crippen LogP contribution in [0, 0.1) is 0 Å². The Balaban J connectivity index is 2.01. The Morgan fingerprint density at radius 3 is 2.48 bits per heavy atom. The highest BCUT2D eigenvalue weighted by atomic mass is 16.6. The number of hydrogen-bond donors (Lipinski definition) is 1. The molecule has 1 aromatic heterocycles. The first kappa shape index (κ1) is 17.1. The highest BCUT2D eigenvalue weighted by molar-refractivity contribution is 5.87. The standard InChI is InChI=1S/C16H23N3O4/c1-11-10-18(15(22)23-16(2,3)4)7-8-19(11)13-6-5-12(9-17-13)14(20)21/h5-6,9,11H,7-8,10H2,1-4H3,(H,20,21)/t11-/m1/s1. The van der Waals surface area contributed by atoms with Gasteiger partial charge in [-0.15, -0.1) is 0 Å². The van der Waals surface area contributed by atoms with Crippen LogP contribution < -0.4 is 4.90 Å². The van der Waals surface area contributed by atoms with Crippen LogP contribution >= 0.6 is 0 Å². The van der Waals surface area contributed by atoms with Crippen molar-refractivity contribution in [2.24, 2.45) is 0 Å². The predicted octanol–water partition coefficient (Wildman–Crippen LogP) is 2.23. The van der Waals surface area contributed by atoms with E-state index in [0.717, 1.165) is 0 Å². The average Bonchev–Trinajstić information content (AvgIpc) is 2.45. The first-order valence-corrected chi connectivity index (χ1v) is 7.61. The maximum Gasteiger partial charge on any atom is 0.410 e. The van der Waals surface area contributed by atoms with Crippen LogP contribution in [0.4, 0.5) is 10.6 Å². The number of aromatic nitrogens is 1. The molecular weight excluding hydrogens is 298 g/mol. The average molecular weight is 321 g/mol. The molecule has 1 N–H and O–H groups in total. The molecule has 0 aliphatic carbocycles. The summed E-state index contributed by atoms with van der Waals surface area (Å²) in [6, 6.07) is 3.31. The summed E-state index contributed by atoms with van der Waals surface area (Å²) in [5.74, 6) is -0.279. The predicted molar refractivity (Wildman–Crippen MR) is 85.8 cm³/mol. The Bertz CT molecular complexity index is 580. The lowest BCUT2D eigenvalue weighted by Crippen LogP contribution is -2.54. The summed E-state index contributed by atoms with van der Waals surface area (Å²) in [5, 5.41) is 8.91. The lowest BCUT2D eigenvalue weighted by Gasteiger charge is -2.40. The Morgan fingerprint density at radius 1 is 1.30 bits per heavy atom.